The zero-order valence-corrected chi connectivity index (χ0v) is 15.2. The number of hydrogen-bond donors (Lipinski definition) is 1. The highest BCUT2D eigenvalue weighted by Gasteiger charge is 2.19. The van der Waals surface area contributed by atoms with Crippen LogP contribution in [0, 0.1) is 0 Å². The zero-order chi connectivity index (χ0) is 19.1. The Kier molecular flexibility index (Phi) is 6.43. The molecule has 7 nitrogen and oxygen atoms in total. The molecule has 0 fully saturated rings. The maximum Gasteiger partial charge on any atom is 0.340 e. The fourth-order valence-corrected chi connectivity index (χ4v) is 2.39. The van der Waals surface area contributed by atoms with E-state index in [1.54, 1.807) is 13.1 Å². The molecule has 26 heavy (non-hydrogen) atoms. The van der Waals surface area contributed by atoms with Gasteiger partial charge in [-0.1, -0.05) is 18.2 Å². The second-order valence-electron chi connectivity index (χ2n) is 5.39. The third-order valence-corrected chi connectivity index (χ3v) is 3.88. The molecule has 2 aromatic carbocycles. The fraction of sp³-hybridized carbons (Fsp3) is 0.263. The molecule has 7 heteroatoms. The van der Waals surface area contributed by atoms with E-state index in [0.717, 1.165) is 5.69 Å². The van der Waals surface area contributed by atoms with E-state index in [4.69, 9.17) is 14.2 Å². The Bertz CT molecular complexity index is 777. The first-order valence-electron chi connectivity index (χ1n) is 7.91. The van der Waals surface area contributed by atoms with Crippen molar-refractivity contribution in [2.45, 2.75) is 0 Å². The Labute approximate surface area is 152 Å². The lowest BCUT2D eigenvalue weighted by molar-refractivity contribution is -0.116. The van der Waals surface area contributed by atoms with E-state index in [-0.39, 0.29) is 18.0 Å². The number of benzene rings is 2. The predicted molar refractivity (Wildman–Crippen MR) is 99.2 cm³/mol. The highest BCUT2D eigenvalue weighted by atomic mass is 16.5. The smallest absolute Gasteiger partial charge is 0.340 e. The van der Waals surface area contributed by atoms with E-state index in [9.17, 15) is 9.59 Å². The zero-order valence-electron chi connectivity index (χ0n) is 15.2. The number of para-hydroxylation sites is 1. The van der Waals surface area contributed by atoms with Crippen molar-refractivity contribution in [2.75, 3.05) is 45.1 Å². The molecule has 2 aromatic rings. The second-order valence-corrected chi connectivity index (χ2v) is 5.39. The number of esters is 1. The van der Waals surface area contributed by atoms with Crippen molar-refractivity contribution >= 4 is 23.3 Å². The molecule has 0 aliphatic carbocycles. The van der Waals surface area contributed by atoms with Gasteiger partial charge in [-0.05, 0) is 12.1 Å². The van der Waals surface area contributed by atoms with Crippen molar-refractivity contribution in [3.63, 3.8) is 0 Å². The molecule has 0 aromatic heterocycles. The quantitative estimate of drug-likeness (QED) is 0.767. The van der Waals surface area contributed by atoms with Crippen LogP contribution in [0.15, 0.2) is 42.5 Å². The van der Waals surface area contributed by atoms with Crippen LogP contribution >= 0.6 is 0 Å². The van der Waals surface area contributed by atoms with E-state index in [1.165, 1.54) is 32.3 Å². The fourth-order valence-electron chi connectivity index (χ4n) is 2.39. The van der Waals surface area contributed by atoms with Crippen LogP contribution in [0.25, 0.3) is 0 Å². The summed E-state index contributed by atoms with van der Waals surface area (Å²) in [6.45, 7) is -0.00906. The molecule has 1 amide bonds. The third-order valence-electron chi connectivity index (χ3n) is 3.88. The molecule has 0 atom stereocenters. The number of carbonyl (C=O) groups excluding carboxylic acids is 2. The molecular formula is C19H22N2O5. The number of carbonyl (C=O) groups is 2. The van der Waals surface area contributed by atoms with Crippen LogP contribution in [-0.2, 0) is 9.53 Å². The molecule has 1 N–H and O–H groups in total. The average Bonchev–Trinajstić information content (AvgIpc) is 2.70. The van der Waals surface area contributed by atoms with Gasteiger partial charge < -0.3 is 24.4 Å². The van der Waals surface area contributed by atoms with Crippen molar-refractivity contribution in [1.29, 1.82) is 0 Å². The summed E-state index contributed by atoms with van der Waals surface area (Å²) < 4.78 is 15.3. The summed E-state index contributed by atoms with van der Waals surface area (Å²) in [6.07, 6.45) is 0. The van der Waals surface area contributed by atoms with Crippen molar-refractivity contribution in [1.82, 2.24) is 0 Å². The van der Waals surface area contributed by atoms with Gasteiger partial charge in [0.25, 0.3) is 0 Å². The summed E-state index contributed by atoms with van der Waals surface area (Å²) >= 11 is 0. The minimum Gasteiger partial charge on any atom is -0.493 e. The molecule has 0 aliphatic heterocycles. The van der Waals surface area contributed by atoms with Gasteiger partial charge in [0.1, 0.15) is 0 Å². The first kappa shape index (κ1) is 19.1. The van der Waals surface area contributed by atoms with Crippen LogP contribution in [0.3, 0.4) is 0 Å². The molecule has 0 radical (unpaired) electrons. The number of likely N-dealkylation sites (N-methyl/N-ethyl adjacent to an activating group) is 1. The molecule has 2 rings (SSSR count). The van der Waals surface area contributed by atoms with Crippen LogP contribution in [-0.4, -0.2) is 46.8 Å². The van der Waals surface area contributed by atoms with Gasteiger partial charge >= 0.3 is 5.97 Å². The monoisotopic (exact) mass is 358 g/mol. The maximum atomic E-state index is 12.4. The van der Waals surface area contributed by atoms with Crippen molar-refractivity contribution in [3.05, 3.63) is 48.0 Å². The Balaban J connectivity index is 2.22. The Morgan fingerprint density at radius 3 is 2.19 bits per heavy atom. The summed E-state index contributed by atoms with van der Waals surface area (Å²) in [5.74, 6) is 0.122. The SMILES string of the molecule is COC(=O)c1cc(OC)c(OC)cc1NCC(=O)N(C)c1ccccc1. The van der Waals surface area contributed by atoms with Crippen LogP contribution < -0.4 is 19.7 Å². The van der Waals surface area contributed by atoms with E-state index in [0.29, 0.717) is 17.2 Å². The summed E-state index contributed by atoms with van der Waals surface area (Å²) in [5.41, 5.74) is 1.45. The molecule has 0 bridgehead atoms. The first-order chi connectivity index (χ1) is 12.5. The van der Waals surface area contributed by atoms with Gasteiger partial charge in [0.2, 0.25) is 5.91 Å². The Morgan fingerprint density at radius 1 is 1.00 bits per heavy atom. The standard InChI is InChI=1S/C19H22N2O5/c1-21(13-8-6-5-7-9-13)18(22)12-20-15-11-17(25-3)16(24-2)10-14(15)19(23)26-4/h5-11,20H,12H2,1-4H3. The molecule has 0 saturated carbocycles. The summed E-state index contributed by atoms with van der Waals surface area (Å²) in [5, 5.41) is 2.98. The Morgan fingerprint density at radius 2 is 1.62 bits per heavy atom. The number of rotatable bonds is 7. The average molecular weight is 358 g/mol. The largest absolute Gasteiger partial charge is 0.493 e. The van der Waals surface area contributed by atoms with E-state index >= 15 is 0 Å². The van der Waals surface area contributed by atoms with Crippen molar-refractivity contribution < 1.29 is 23.8 Å². The van der Waals surface area contributed by atoms with Crippen LogP contribution in [0.5, 0.6) is 11.5 Å². The minimum absolute atomic E-state index is 0.00906. The van der Waals surface area contributed by atoms with Gasteiger partial charge in [0, 0.05) is 24.9 Å². The summed E-state index contributed by atoms with van der Waals surface area (Å²) in [7, 11) is 5.95. The highest BCUT2D eigenvalue weighted by Crippen LogP contribution is 2.33. The Hall–Kier alpha value is -3.22. The summed E-state index contributed by atoms with van der Waals surface area (Å²) in [6, 6.07) is 12.4. The van der Waals surface area contributed by atoms with Crippen LogP contribution in [0.1, 0.15) is 10.4 Å². The normalized spacial score (nSPS) is 10.0. The number of anilines is 2. The number of nitrogens with one attached hydrogen (secondary N) is 1. The molecular weight excluding hydrogens is 336 g/mol. The lowest BCUT2D eigenvalue weighted by Gasteiger charge is -2.19. The molecule has 0 unspecified atom stereocenters. The number of nitrogens with zero attached hydrogens (tertiary/aromatic N) is 1. The number of hydrogen-bond acceptors (Lipinski definition) is 6. The van der Waals surface area contributed by atoms with Gasteiger partial charge in [-0.25, -0.2) is 4.79 Å². The number of methoxy groups -OCH3 is 3. The van der Waals surface area contributed by atoms with Gasteiger partial charge in [-0.15, -0.1) is 0 Å². The van der Waals surface area contributed by atoms with Gasteiger partial charge in [0.05, 0.1) is 39.1 Å². The lowest BCUT2D eigenvalue weighted by Crippen LogP contribution is -2.32. The molecule has 0 saturated heterocycles. The van der Waals surface area contributed by atoms with Crippen LogP contribution in [0.2, 0.25) is 0 Å². The first-order valence-corrected chi connectivity index (χ1v) is 7.91. The molecule has 0 aliphatic rings. The summed E-state index contributed by atoms with van der Waals surface area (Å²) in [4.78, 5) is 26.0. The van der Waals surface area contributed by atoms with E-state index < -0.39 is 5.97 Å². The van der Waals surface area contributed by atoms with Gasteiger partial charge in [-0.3, -0.25) is 4.79 Å². The van der Waals surface area contributed by atoms with Gasteiger partial charge in [0.15, 0.2) is 11.5 Å². The van der Waals surface area contributed by atoms with E-state index in [2.05, 4.69) is 5.32 Å². The second kappa shape index (κ2) is 8.75. The van der Waals surface area contributed by atoms with Crippen molar-refractivity contribution in [2.24, 2.45) is 0 Å². The van der Waals surface area contributed by atoms with Gasteiger partial charge in [-0.2, -0.15) is 0 Å². The highest BCUT2D eigenvalue weighted by molar-refractivity contribution is 5.99. The van der Waals surface area contributed by atoms with Crippen molar-refractivity contribution in [3.8, 4) is 11.5 Å². The molecule has 0 spiro atoms. The maximum absolute atomic E-state index is 12.4. The number of ether oxygens (including phenoxy) is 3. The topological polar surface area (TPSA) is 77.1 Å². The lowest BCUT2D eigenvalue weighted by atomic mass is 10.1. The minimum atomic E-state index is -0.544. The third kappa shape index (κ3) is 4.24. The molecule has 0 heterocycles. The number of amides is 1. The van der Waals surface area contributed by atoms with E-state index in [1.807, 2.05) is 30.3 Å². The van der Waals surface area contributed by atoms with Crippen LogP contribution in [0.4, 0.5) is 11.4 Å². The predicted octanol–water partition coefficient (Wildman–Crippen LogP) is 2.57. The molecule has 138 valence electrons.